The van der Waals surface area contributed by atoms with Crippen LogP contribution in [-0.2, 0) is 0 Å². The molecule has 0 saturated heterocycles. The Morgan fingerprint density at radius 1 is 1.06 bits per heavy atom. The van der Waals surface area contributed by atoms with E-state index in [-0.39, 0.29) is 0 Å². The van der Waals surface area contributed by atoms with Gasteiger partial charge in [-0.25, -0.2) is 0 Å². The molecular weight excluding hydrogens is 218 g/mol. The van der Waals surface area contributed by atoms with Gasteiger partial charge >= 0.3 is 0 Å². The Hall–Kier alpha value is -0.820. The fraction of sp³-hybridized carbons (Fsp3) is 0.647. The van der Waals surface area contributed by atoms with Gasteiger partial charge in [0.05, 0.1) is 0 Å². The maximum atomic E-state index is 5.85. The Bertz CT molecular complexity index is 357. The van der Waals surface area contributed by atoms with Crippen LogP contribution in [0, 0.1) is 19.8 Å². The van der Waals surface area contributed by atoms with E-state index in [1.807, 2.05) is 0 Å². The third-order valence-electron chi connectivity index (χ3n) is 4.37. The first kappa shape index (κ1) is 13.6. The van der Waals surface area contributed by atoms with Crippen LogP contribution in [0.25, 0.3) is 0 Å². The monoisotopic (exact) mass is 245 g/mol. The van der Waals surface area contributed by atoms with Gasteiger partial charge in [0.15, 0.2) is 0 Å². The van der Waals surface area contributed by atoms with Crippen molar-refractivity contribution in [2.45, 2.75) is 58.3 Å². The molecule has 0 radical (unpaired) electrons. The molecule has 1 aliphatic rings. The molecule has 1 fully saturated rings. The lowest BCUT2D eigenvalue weighted by molar-refractivity contribution is 0.296. The van der Waals surface area contributed by atoms with Gasteiger partial charge in [-0.3, -0.25) is 0 Å². The maximum absolute atomic E-state index is 5.85. The Morgan fingerprint density at radius 2 is 1.67 bits per heavy atom. The van der Waals surface area contributed by atoms with E-state index in [2.05, 4.69) is 32.0 Å². The summed E-state index contributed by atoms with van der Waals surface area (Å²) in [4.78, 5) is 0. The Morgan fingerprint density at radius 3 is 2.22 bits per heavy atom. The predicted molar refractivity (Wildman–Crippen MR) is 78.9 cm³/mol. The van der Waals surface area contributed by atoms with Gasteiger partial charge in [0.2, 0.25) is 0 Å². The summed E-state index contributed by atoms with van der Waals surface area (Å²) in [6, 6.07) is 7.02. The lowest BCUT2D eigenvalue weighted by atomic mass is 9.75. The topological polar surface area (TPSA) is 26.0 Å². The van der Waals surface area contributed by atoms with Crippen LogP contribution >= 0.6 is 0 Å². The lowest BCUT2D eigenvalue weighted by Crippen LogP contribution is -2.19. The molecular formula is C17H27N. The molecule has 0 spiro atoms. The van der Waals surface area contributed by atoms with E-state index in [0.717, 1.165) is 18.9 Å². The van der Waals surface area contributed by atoms with E-state index >= 15 is 0 Å². The zero-order valence-corrected chi connectivity index (χ0v) is 11.9. The fourth-order valence-electron chi connectivity index (χ4n) is 3.61. The van der Waals surface area contributed by atoms with Crippen molar-refractivity contribution in [3.05, 3.63) is 34.9 Å². The van der Waals surface area contributed by atoms with E-state index in [0.29, 0.717) is 5.92 Å². The first-order valence-electron chi connectivity index (χ1n) is 7.49. The second-order valence-corrected chi connectivity index (χ2v) is 6.00. The molecule has 100 valence electrons. The largest absolute Gasteiger partial charge is 0.330 e. The lowest BCUT2D eigenvalue weighted by Gasteiger charge is -2.31. The van der Waals surface area contributed by atoms with Crippen LogP contribution in [0.4, 0.5) is 0 Å². The van der Waals surface area contributed by atoms with Crippen LogP contribution in [-0.4, -0.2) is 6.54 Å². The van der Waals surface area contributed by atoms with E-state index < -0.39 is 0 Å². The van der Waals surface area contributed by atoms with Crippen molar-refractivity contribution in [3.63, 3.8) is 0 Å². The number of nitrogens with two attached hydrogens (primary N) is 1. The highest BCUT2D eigenvalue weighted by molar-refractivity contribution is 5.31. The minimum absolute atomic E-state index is 0.689. The molecule has 2 N–H and O–H groups in total. The van der Waals surface area contributed by atoms with Crippen molar-refractivity contribution >= 4 is 0 Å². The zero-order chi connectivity index (χ0) is 13.0. The molecule has 1 aliphatic carbocycles. The summed E-state index contributed by atoms with van der Waals surface area (Å²) < 4.78 is 0. The standard InChI is InChI=1S/C17H27N/c1-13-10-14(2)12-16(11-13)17(8-9-18)15-6-4-3-5-7-15/h10-12,15,17H,3-9,18H2,1-2H3. The summed E-state index contributed by atoms with van der Waals surface area (Å²) in [6.45, 7) is 5.22. The second-order valence-electron chi connectivity index (χ2n) is 6.00. The highest BCUT2D eigenvalue weighted by atomic mass is 14.5. The molecule has 0 heterocycles. The summed E-state index contributed by atoms with van der Waals surface area (Å²) in [7, 11) is 0. The van der Waals surface area contributed by atoms with E-state index in [4.69, 9.17) is 5.73 Å². The van der Waals surface area contributed by atoms with Gasteiger partial charge in [-0.05, 0) is 57.1 Å². The van der Waals surface area contributed by atoms with E-state index in [9.17, 15) is 0 Å². The summed E-state index contributed by atoms with van der Waals surface area (Å²) in [5.41, 5.74) is 10.2. The van der Waals surface area contributed by atoms with Gasteiger partial charge in [0.25, 0.3) is 0 Å². The molecule has 1 aromatic carbocycles. The van der Waals surface area contributed by atoms with Gasteiger partial charge in [0, 0.05) is 0 Å². The van der Waals surface area contributed by atoms with Crippen LogP contribution in [0.1, 0.15) is 61.1 Å². The average Bonchev–Trinajstić information content (AvgIpc) is 2.36. The predicted octanol–water partition coefficient (Wildman–Crippen LogP) is 4.32. The van der Waals surface area contributed by atoms with Crippen molar-refractivity contribution in [2.75, 3.05) is 6.54 Å². The van der Waals surface area contributed by atoms with Crippen molar-refractivity contribution in [2.24, 2.45) is 11.7 Å². The van der Waals surface area contributed by atoms with Gasteiger partial charge in [-0.2, -0.15) is 0 Å². The molecule has 1 nitrogen and oxygen atoms in total. The number of aryl methyl sites for hydroxylation is 2. The summed E-state index contributed by atoms with van der Waals surface area (Å²) in [6.07, 6.45) is 8.20. The van der Waals surface area contributed by atoms with Crippen LogP contribution in [0.15, 0.2) is 18.2 Å². The first-order valence-corrected chi connectivity index (χ1v) is 7.49. The normalized spacial score (nSPS) is 18.8. The molecule has 0 amide bonds. The molecule has 0 bridgehead atoms. The third-order valence-corrected chi connectivity index (χ3v) is 4.37. The highest BCUT2D eigenvalue weighted by Gasteiger charge is 2.24. The van der Waals surface area contributed by atoms with Crippen LogP contribution in [0.2, 0.25) is 0 Å². The maximum Gasteiger partial charge on any atom is -0.00713 e. The quantitative estimate of drug-likeness (QED) is 0.840. The van der Waals surface area contributed by atoms with Crippen molar-refractivity contribution in [1.82, 2.24) is 0 Å². The Kier molecular flexibility index (Phi) is 4.82. The van der Waals surface area contributed by atoms with Crippen molar-refractivity contribution in [3.8, 4) is 0 Å². The minimum atomic E-state index is 0.689. The van der Waals surface area contributed by atoms with Gasteiger partial charge in [-0.1, -0.05) is 48.6 Å². The number of benzene rings is 1. The van der Waals surface area contributed by atoms with Crippen LogP contribution in [0.5, 0.6) is 0 Å². The smallest absolute Gasteiger partial charge is 0.00713 e. The SMILES string of the molecule is Cc1cc(C)cc(C(CCN)C2CCCCC2)c1. The summed E-state index contributed by atoms with van der Waals surface area (Å²) >= 11 is 0. The van der Waals surface area contributed by atoms with Crippen molar-refractivity contribution < 1.29 is 0 Å². The summed E-state index contributed by atoms with van der Waals surface area (Å²) in [5.74, 6) is 1.55. The van der Waals surface area contributed by atoms with E-state index in [1.165, 1.54) is 48.8 Å². The first-order chi connectivity index (χ1) is 8.70. The summed E-state index contributed by atoms with van der Waals surface area (Å²) in [5, 5.41) is 0. The molecule has 1 atom stereocenters. The van der Waals surface area contributed by atoms with Gasteiger partial charge in [-0.15, -0.1) is 0 Å². The highest BCUT2D eigenvalue weighted by Crippen LogP contribution is 2.38. The van der Waals surface area contributed by atoms with Gasteiger partial charge in [0.1, 0.15) is 0 Å². The molecule has 18 heavy (non-hydrogen) atoms. The Balaban J connectivity index is 2.22. The molecule has 1 unspecified atom stereocenters. The molecule has 0 aliphatic heterocycles. The molecule has 2 rings (SSSR count). The Labute approximate surface area is 112 Å². The average molecular weight is 245 g/mol. The fourth-order valence-corrected chi connectivity index (χ4v) is 3.61. The minimum Gasteiger partial charge on any atom is -0.330 e. The number of hydrogen-bond donors (Lipinski definition) is 1. The third kappa shape index (κ3) is 3.35. The van der Waals surface area contributed by atoms with Crippen molar-refractivity contribution in [1.29, 1.82) is 0 Å². The molecule has 1 heteroatoms. The molecule has 1 saturated carbocycles. The van der Waals surface area contributed by atoms with Crippen LogP contribution < -0.4 is 5.73 Å². The second kappa shape index (κ2) is 6.38. The van der Waals surface area contributed by atoms with Gasteiger partial charge < -0.3 is 5.73 Å². The zero-order valence-electron chi connectivity index (χ0n) is 11.9. The number of hydrogen-bond acceptors (Lipinski definition) is 1. The number of rotatable bonds is 4. The molecule has 1 aromatic rings. The molecule has 0 aromatic heterocycles. The van der Waals surface area contributed by atoms with E-state index in [1.54, 1.807) is 0 Å². The van der Waals surface area contributed by atoms with Crippen LogP contribution in [0.3, 0.4) is 0 Å².